The van der Waals surface area contributed by atoms with Gasteiger partial charge in [0.25, 0.3) is 0 Å². The van der Waals surface area contributed by atoms with Gasteiger partial charge in [-0.05, 0) is 43.2 Å². The number of anilines is 1. The van der Waals surface area contributed by atoms with Gasteiger partial charge in [-0.1, -0.05) is 35.9 Å². The van der Waals surface area contributed by atoms with E-state index in [2.05, 4.69) is 15.1 Å². The lowest BCUT2D eigenvalue weighted by Gasteiger charge is -2.34. The second kappa shape index (κ2) is 9.92. The second-order valence-corrected chi connectivity index (χ2v) is 10.2. The summed E-state index contributed by atoms with van der Waals surface area (Å²) in [5.41, 5.74) is 2.34. The second-order valence-electron chi connectivity index (χ2n) is 7.73. The largest absolute Gasteiger partial charge is 0.324 e. The number of para-hydroxylation sites is 1. The van der Waals surface area contributed by atoms with Crippen LogP contribution in [0.15, 0.2) is 47.4 Å². The van der Waals surface area contributed by atoms with Crippen molar-refractivity contribution in [1.29, 1.82) is 0 Å². The number of amides is 1. The minimum atomic E-state index is -3.32. The highest BCUT2D eigenvalue weighted by atomic mass is 35.5. The lowest BCUT2D eigenvalue weighted by molar-refractivity contribution is -0.117. The van der Waals surface area contributed by atoms with Gasteiger partial charge in [0.1, 0.15) is 0 Å². The number of halogens is 1. The van der Waals surface area contributed by atoms with Crippen LogP contribution in [0.1, 0.15) is 11.1 Å². The number of carbonyl (C=O) groups excluding carboxylic acids is 1. The molecular weight excluding hydrogens is 422 g/mol. The molecule has 0 aliphatic carbocycles. The maximum Gasteiger partial charge on any atom is 0.238 e. The van der Waals surface area contributed by atoms with E-state index in [1.165, 1.54) is 0 Å². The normalized spacial score (nSPS) is 15.8. The van der Waals surface area contributed by atoms with Crippen LogP contribution < -0.4 is 5.32 Å². The highest BCUT2D eigenvalue weighted by Crippen LogP contribution is 2.21. The number of benzene rings is 2. The SMILES string of the molecule is Cc1ccc(C)c(S(=O)(=O)CCN2CCN(CC(=O)Nc3ccccc3Cl)CC2)c1. The van der Waals surface area contributed by atoms with E-state index in [4.69, 9.17) is 11.6 Å². The molecule has 1 aliphatic heterocycles. The summed E-state index contributed by atoms with van der Waals surface area (Å²) in [6.07, 6.45) is 0. The minimum absolute atomic E-state index is 0.101. The van der Waals surface area contributed by atoms with Crippen molar-refractivity contribution in [3.05, 3.63) is 58.6 Å². The molecule has 1 aliphatic rings. The van der Waals surface area contributed by atoms with Crippen molar-refractivity contribution in [2.24, 2.45) is 0 Å². The summed E-state index contributed by atoms with van der Waals surface area (Å²) in [7, 11) is -3.32. The van der Waals surface area contributed by atoms with E-state index in [0.29, 0.717) is 28.7 Å². The Kier molecular flexibility index (Phi) is 7.52. The van der Waals surface area contributed by atoms with Gasteiger partial charge in [0.15, 0.2) is 9.84 Å². The van der Waals surface area contributed by atoms with Gasteiger partial charge in [-0.3, -0.25) is 14.6 Å². The van der Waals surface area contributed by atoms with Crippen LogP contribution in [0, 0.1) is 13.8 Å². The van der Waals surface area contributed by atoms with Crippen LogP contribution in [-0.2, 0) is 14.6 Å². The summed E-state index contributed by atoms with van der Waals surface area (Å²) in [5.74, 6) is -0.00126. The fourth-order valence-corrected chi connectivity index (χ4v) is 5.35. The standard InChI is InChI=1S/C22H28ClN3O3S/c1-17-7-8-18(2)21(15-17)30(28,29)14-13-25-9-11-26(12-10-25)16-22(27)24-20-6-4-3-5-19(20)23/h3-8,15H,9-14,16H2,1-2H3,(H,24,27). The quantitative estimate of drug-likeness (QED) is 0.703. The van der Waals surface area contributed by atoms with Crippen LogP contribution in [0.2, 0.25) is 5.02 Å². The molecule has 1 heterocycles. The average Bonchev–Trinajstić information content (AvgIpc) is 2.71. The molecule has 0 aromatic heterocycles. The smallest absolute Gasteiger partial charge is 0.238 e. The zero-order chi connectivity index (χ0) is 21.7. The Labute approximate surface area is 183 Å². The number of piperazine rings is 1. The van der Waals surface area contributed by atoms with E-state index in [9.17, 15) is 13.2 Å². The number of nitrogens with one attached hydrogen (secondary N) is 1. The van der Waals surface area contributed by atoms with Crippen molar-refractivity contribution in [2.75, 3.05) is 50.3 Å². The minimum Gasteiger partial charge on any atom is -0.324 e. The molecule has 162 valence electrons. The Morgan fingerprint density at radius 3 is 2.40 bits per heavy atom. The summed E-state index contributed by atoms with van der Waals surface area (Å²) < 4.78 is 25.5. The molecule has 30 heavy (non-hydrogen) atoms. The van der Waals surface area contributed by atoms with E-state index >= 15 is 0 Å². The van der Waals surface area contributed by atoms with Crippen molar-refractivity contribution in [1.82, 2.24) is 9.80 Å². The summed E-state index contributed by atoms with van der Waals surface area (Å²) >= 11 is 6.08. The zero-order valence-corrected chi connectivity index (χ0v) is 19.0. The van der Waals surface area contributed by atoms with Crippen LogP contribution in [0.25, 0.3) is 0 Å². The molecule has 0 saturated carbocycles. The highest BCUT2D eigenvalue weighted by molar-refractivity contribution is 7.91. The number of nitrogens with zero attached hydrogens (tertiary/aromatic N) is 2. The number of hydrogen-bond donors (Lipinski definition) is 1. The van der Waals surface area contributed by atoms with Crippen molar-refractivity contribution < 1.29 is 13.2 Å². The Bertz CT molecular complexity index is 1000. The maximum atomic E-state index is 12.8. The molecule has 1 fully saturated rings. The summed E-state index contributed by atoms with van der Waals surface area (Å²) in [5, 5.41) is 3.35. The molecule has 8 heteroatoms. The number of carbonyl (C=O) groups is 1. The molecule has 2 aromatic carbocycles. The Balaban J connectivity index is 1.46. The first-order valence-electron chi connectivity index (χ1n) is 10.0. The first-order chi connectivity index (χ1) is 14.2. The predicted octanol–water partition coefficient (Wildman–Crippen LogP) is 2.99. The predicted molar refractivity (Wildman–Crippen MR) is 121 cm³/mol. The fraction of sp³-hybridized carbons (Fsp3) is 0.409. The molecule has 1 saturated heterocycles. The van der Waals surface area contributed by atoms with Gasteiger partial charge < -0.3 is 5.32 Å². The van der Waals surface area contributed by atoms with E-state index in [1.807, 2.05) is 38.1 Å². The van der Waals surface area contributed by atoms with Crippen molar-refractivity contribution >= 4 is 33.0 Å². The molecule has 0 spiro atoms. The van der Waals surface area contributed by atoms with E-state index in [1.54, 1.807) is 18.2 Å². The molecule has 0 bridgehead atoms. The highest BCUT2D eigenvalue weighted by Gasteiger charge is 2.23. The molecule has 1 amide bonds. The van der Waals surface area contributed by atoms with Crippen molar-refractivity contribution in [3.63, 3.8) is 0 Å². The van der Waals surface area contributed by atoms with Crippen molar-refractivity contribution in [2.45, 2.75) is 18.7 Å². The van der Waals surface area contributed by atoms with Crippen LogP contribution in [-0.4, -0.2) is 69.1 Å². The van der Waals surface area contributed by atoms with Crippen LogP contribution in [0.3, 0.4) is 0 Å². The zero-order valence-electron chi connectivity index (χ0n) is 17.4. The third-order valence-electron chi connectivity index (χ3n) is 5.34. The van der Waals surface area contributed by atoms with Gasteiger partial charge in [-0.15, -0.1) is 0 Å². The first kappa shape index (κ1) is 22.7. The topological polar surface area (TPSA) is 69.7 Å². The monoisotopic (exact) mass is 449 g/mol. The molecule has 0 unspecified atom stereocenters. The summed E-state index contributed by atoms with van der Waals surface area (Å²) in [6.45, 7) is 7.44. The van der Waals surface area contributed by atoms with E-state index < -0.39 is 9.84 Å². The van der Waals surface area contributed by atoms with Crippen LogP contribution in [0.5, 0.6) is 0 Å². The van der Waals surface area contributed by atoms with Gasteiger partial charge in [-0.25, -0.2) is 8.42 Å². The van der Waals surface area contributed by atoms with Gasteiger partial charge in [0.2, 0.25) is 5.91 Å². The first-order valence-corrected chi connectivity index (χ1v) is 12.1. The third kappa shape index (κ3) is 6.04. The van der Waals surface area contributed by atoms with Gasteiger partial charge in [0.05, 0.1) is 27.9 Å². The molecule has 6 nitrogen and oxygen atoms in total. The Morgan fingerprint density at radius 2 is 1.70 bits per heavy atom. The van der Waals surface area contributed by atoms with Crippen LogP contribution >= 0.6 is 11.6 Å². The lowest BCUT2D eigenvalue weighted by Crippen LogP contribution is -2.49. The van der Waals surface area contributed by atoms with E-state index in [-0.39, 0.29) is 11.7 Å². The van der Waals surface area contributed by atoms with Gasteiger partial charge in [-0.2, -0.15) is 0 Å². The van der Waals surface area contributed by atoms with Gasteiger partial charge in [0, 0.05) is 32.7 Å². The molecular formula is C22H28ClN3O3S. The number of aryl methyl sites for hydroxylation is 2. The molecule has 2 aromatic rings. The fourth-order valence-electron chi connectivity index (χ4n) is 3.53. The molecule has 0 atom stereocenters. The maximum absolute atomic E-state index is 12.8. The summed E-state index contributed by atoms with van der Waals surface area (Å²) in [4.78, 5) is 16.9. The Hall–Kier alpha value is -1.93. The van der Waals surface area contributed by atoms with E-state index in [0.717, 1.165) is 37.3 Å². The average molecular weight is 450 g/mol. The number of sulfone groups is 1. The lowest BCUT2D eigenvalue weighted by atomic mass is 10.2. The molecule has 3 rings (SSSR count). The van der Waals surface area contributed by atoms with Crippen LogP contribution in [0.4, 0.5) is 5.69 Å². The number of hydrogen-bond acceptors (Lipinski definition) is 5. The summed E-state index contributed by atoms with van der Waals surface area (Å²) in [6, 6.07) is 12.7. The molecule has 1 N–H and O–H groups in total. The Morgan fingerprint density at radius 1 is 1.03 bits per heavy atom. The van der Waals surface area contributed by atoms with Gasteiger partial charge >= 0.3 is 0 Å². The molecule has 0 radical (unpaired) electrons. The third-order valence-corrected chi connectivity index (χ3v) is 7.49. The number of rotatable bonds is 7. The van der Waals surface area contributed by atoms with Crippen molar-refractivity contribution in [3.8, 4) is 0 Å².